The molecule has 2 aromatic rings. The van der Waals surface area contributed by atoms with E-state index in [2.05, 4.69) is 9.97 Å². The average Bonchev–Trinajstić information content (AvgIpc) is 2.48. The summed E-state index contributed by atoms with van der Waals surface area (Å²) >= 11 is 0. The van der Waals surface area contributed by atoms with E-state index in [0.717, 1.165) is 5.56 Å². The highest BCUT2D eigenvalue weighted by atomic mass is 16.2. The fourth-order valence-corrected chi connectivity index (χ4v) is 1.98. The van der Waals surface area contributed by atoms with Gasteiger partial charge in [-0.2, -0.15) is 0 Å². The summed E-state index contributed by atoms with van der Waals surface area (Å²) in [6, 6.07) is 7.19. The minimum absolute atomic E-state index is 0.00721. The lowest BCUT2D eigenvalue weighted by atomic mass is 10.1. The molecular weight excluding hydrogens is 282 g/mol. The molecule has 2 rings (SSSR count). The predicted octanol–water partition coefficient (Wildman–Crippen LogP) is 0.450. The molecule has 2 amide bonds. The van der Waals surface area contributed by atoms with Gasteiger partial charge in [-0.05, 0) is 17.7 Å². The van der Waals surface area contributed by atoms with Gasteiger partial charge in [-0.3, -0.25) is 9.59 Å². The van der Waals surface area contributed by atoms with Crippen molar-refractivity contribution >= 4 is 17.6 Å². The summed E-state index contributed by atoms with van der Waals surface area (Å²) in [5.74, 6) is -0.792. The van der Waals surface area contributed by atoms with E-state index in [9.17, 15) is 9.59 Å². The van der Waals surface area contributed by atoms with Crippen LogP contribution in [0.25, 0.3) is 0 Å². The van der Waals surface area contributed by atoms with E-state index >= 15 is 0 Å². The fraction of sp³-hybridized carbons (Fsp3) is 0.200. The highest BCUT2D eigenvalue weighted by molar-refractivity contribution is 5.95. The van der Waals surface area contributed by atoms with Crippen molar-refractivity contribution in [2.24, 2.45) is 5.73 Å². The second-order valence-corrected chi connectivity index (χ2v) is 5.04. The van der Waals surface area contributed by atoms with E-state index in [1.54, 1.807) is 32.3 Å². The van der Waals surface area contributed by atoms with Crippen molar-refractivity contribution in [2.45, 2.75) is 6.42 Å². The first-order chi connectivity index (χ1) is 10.4. The Labute approximate surface area is 128 Å². The van der Waals surface area contributed by atoms with Crippen molar-refractivity contribution in [3.63, 3.8) is 0 Å². The Kier molecular flexibility index (Phi) is 4.36. The van der Waals surface area contributed by atoms with Crippen LogP contribution in [0.15, 0.2) is 30.5 Å². The number of carbonyl (C=O) groups excluding carboxylic acids is 2. The number of amides is 2. The molecule has 0 saturated carbocycles. The summed E-state index contributed by atoms with van der Waals surface area (Å²) in [5.41, 5.74) is 12.7. The zero-order valence-corrected chi connectivity index (χ0v) is 12.4. The average molecular weight is 299 g/mol. The quantitative estimate of drug-likeness (QED) is 0.850. The van der Waals surface area contributed by atoms with Crippen LogP contribution in [0.4, 0.5) is 5.82 Å². The van der Waals surface area contributed by atoms with Gasteiger partial charge in [-0.15, -0.1) is 0 Å². The molecule has 0 bridgehead atoms. The Bertz CT molecular complexity index is 728. The van der Waals surface area contributed by atoms with Crippen LogP contribution < -0.4 is 11.5 Å². The molecule has 1 aromatic heterocycles. The maximum atomic E-state index is 12.0. The third-order valence-electron chi connectivity index (χ3n) is 3.05. The van der Waals surface area contributed by atoms with Gasteiger partial charge in [0.25, 0.3) is 11.8 Å². The Balaban J connectivity index is 2.28. The zero-order chi connectivity index (χ0) is 16.3. The number of hydrogen-bond donors (Lipinski definition) is 2. The van der Waals surface area contributed by atoms with Crippen LogP contribution in [-0.4, -0.2) is 40.8 Å². The smallest absolute Gasteiger partial charge is 0.271 e. The summed E-state index contributed by atoms with van der Waals surface area (Å²) in [5, 5.41) is 0. The SMILES string of the molecule is CN(C)C(=O)c1cccc(Cc2cnc(N)c(C(N)=O)n2)c1. The van der Waals surface area contributed by atoms with E-state index in [0.29, 0.717) is 17.7 Å². The maximum absolute atomic E-state index is 12.0. The van der Waals surface area contributed by atoms with Gasteiger partial charge >= 0.3 is 0 Å². The maximum Gasteiger partial charge on any atom is 0.271 e. The van der Waals surface area contributed by atoms with Crippen molar-refractivity contribution in [3.05, 3.63) is 53.0 Å². The molecule has 1 heterocycles. The molecule has 4 N–H and O–H groups in total. The molecule has 0 atom stereocenters. The number of anilines is 1. The van der Waals surface area contributed by atoms with Gasteiger partial charge in [0, 0.05) is 26.1 Å². The van der Waals surface area contributed by atoms with Crippen LogP contribution in [-0.2, 0) is 6.42 Å². The standard InChI is InChI=1S/C15H17N5O2/c1-20(2)15(22)10-5-3-4-9(6-10)7-11-8-18-13(16)12(19-11)14(17)21/h3-6,8H,7H2,1-2H3,(H2,16,18)(H2,17,21). The van der Waals surface area contributed by atoms with Gasteiger partial charge in [0.2, 0.25) is 0 Å². The van der Waals surface area contributed by atoms with Gasteiger partial charge in [-0.25, -0.2) is 9.97 Å². The number of nitrogens with two attached hydrogens (primary N) is 2. The van der Waals surface area contributed by atoms with E-state index in [1.807, 2.05) is 6.07 Å². The molecule has 0 unspecified atom stereocenters. The fourth-order valence-electron chi connectivity index (χ4n) is 1.98. The molecule has 0 radical (unpaired) electrons. The first-order valence-electron chi connectivity index (χ1n) is 6.60. The highest BCUT2D eigenvalue weighted by Crippen LogP contribution is 2.13. The first kappa shape index (κ1) is 15.4. The minimum Gasteiger partial charge on any atom is -0.382 e. The van der Waals surface area contributed by atoms with Crippen LogP contribution in [0.5, 0.6) is 0 Å². The van der Waals surface area contributed by atoms with Crippen LogP contribution in [0.3, 0.4) is 0 Å². The van der Waals surface area contributed by atoms with Crippen molar-refractivity contribution in [1.82, 2.24) is 14.9 Å². The van der Waals surface area contributed by atoms with E-state index in [1.165, 1.54) is 11.1 Å². The number of hydrogen-bond acceptors (Lipinski definition) is 5. The van der Waals surface area contributed by atoms with E-state index < -0.39 is 5.91 Å². The van der Waals surface area contributed by atoms with Crippen LogP contribution >= 0.6 is 0 Å². The first-order valence-corrected chi connectivity index (χ1v) is 6.60. The molecule has 0 spiro atoms. The number of aromatic nitrogens is 2. The molecule has 0 aliphatic carbocycles. The number of carbonyl (C=O) groups is 2. The van der Waals surface area contributed by atoms with Crippen molar-refractivity contribution in [2.75, 3.05) is 19.8 Å². The van der Waals surface area contributed by atoms with Crippen molar-refractivity contribution in [3.8, 4) is 0 Å². The molecule has 7 nitrogen and oxygen atoms in total. The number of primary amides is 1. The Morgan fingerprint density at radius 1 is 1.27 bits per heavy atom. The van der Waals surface area contributed by atoms with E-state index in [-0.39, 0.29) is 17.4 Å². The second-order valence-electron chi connectivity index (χ2n) is 5.04. The molecule has 1 aromatic carbocycles. The normalized spacial score (nSPS) is 10.3. The predicted molar refractivity (Wildman–Crippen MR) is 82.2 cm³/mol. The molecule has 22 heavy (non-hydrogen) atoms. The molecule has 114 valence electrons. The molecular formula is C15H17N5O2. The second kappa shape index (κ2) is 6.21. The Hall–Kier alpha value is -2.96. The van der Waals surface area contributed by atoms with Gasteiger partial charge in [0.05, 0.1) is 11.9 Å². The lowest BCUT2D eigenvalue weighted by Crippen LogP contribution is -2.21. The molecule has 0 aliphatic heterocycles. The topological polar surface area (TPSA) is 115 Å². The van der Waals surface area contributed by atoms with Gasteiger partial charge in [0.1, 0.15) is 0 Å². The molecule has 0 fully saturated rings. The monoisotopic (exact) mass is 299 g/mol. The third-order valence-corrected chi connectivity index (χ3v) is 3.05. The molecule has 0 saturated heterocycles. The number of nitrogen functional groups attached to an aromatic ring is 1. The molecule has 7 heteroatoms. The third kappa shape index (κ3) is 3.38. The lowest BCUT2D eigenvalue weighted by molar-refractivity contribution is 0.0827. The largest absolute Gasteiger partial charge is 0.382 e. The lowest BCUT2D eigenvalue weighted by Gasteiger charge is -2.11. The summed E-state index contributed by atoms with van der Waals surface area (Å²) in [7, 11) is 3.39. The van der Waals surface area contributed by atoms with Crippen LogP contribution in [0, 0.1) is 0 Å². The van der Waals surface area contributed by atoms with Gasteiger partial charge in [-0.1, -0.05) is 12.1 Å². The molecule has 0 aliphatic rings. The van der Waals surface area contributed by atoms with Crippen LogP contribution in [0.1, 0.15) is 32.1 Å². The number of benzene rings is 1. The zero-order valence-electron chi connectivity index (χ0n) is 12.4. The highest BCUT2D eigenvalue weighted by Gasteiger charge is 2.12. The number of nitrogens with zero attached hydrogens (tertiary/aromatic N) is 3. The summed E-state index contributed by atoms with van der Waals surface area (Å²) in [6.45, 7) is 0. The van der Waals surface area contributed by atoms with Crippen molar-refractivity contribution < 1.29 is 9.59 Å². The Morgan fingerprint density at radius 3 is 2.64 bits per heavy atom. The van der Waals surface area contributed by atoms with Gasteiger partial charge in [0.15, 0.2) is 11.5 Å². The summed E-state index contributed by atoms with van der Waals surface area (Å²) in [4.78, 5) is 32.7. The van der Waals surface area contributed by atoms with Crippen LogP contribution in [0.2, 0.25) is 0 Å². The van der Waals surface area contributed by atoms with E-state index in [4.69, 9.17) is 11.5 Å². The van der Waals surface area contributed by atoms with Gasteiger partial charge < -0.3 is 16.4 Å². The number of rotatable bonds is 4. The Morgan fingerprint density at radius 2 is 2.00 bits per heavy atom. The van der Waals surface area contributed by atoms with Crippen molar-refractivity contribution in [1.29, 1.82) is 0 Å². The minimum atomic E-state index is -0.719. The summed E-state index contributed by atoms with van der Waals surface area (Å²) < 4.78 is 0. The summed E-state index contributed by atoms with van der Waals surface area (Å²) in [6.07, 6.45) is 1.91.